The Morgan fingerprint density at radius 3 is 1.00 bits per heavy atom. The van der Waals surface area contributed by atoms with E-state index in [1.807, 2.05) is 0 Å². The van der Waals surface area contributed by atoms with Crippen molar-refractivity contribution in [1.82, 2.24) is 0 Å². The normalized spacial score (nSPS) is 9.68. The van der Waals surface area contributed by atoms with Gasteiger partial charge in [-0.05, 0) is 0 Å². The molecule has 0 N–H and O–H groups in total. The van der Waals surface area contributed by atoms with E-state index in [1.165, 1.54) is 21.5 Å². The minimum absolute atomic E-state index is 0. The molecule has 4 aromatic carbocycles. The van der Waals surface area contributed by atoms with Crippen LogP contribution >= 0.6 is 0 Å². The zero-order valence-electron chi connectivity index (χ0n) is 10.4. The first-order valence-corrected chi connectivity index (χ1v) is 6.14. The van der Waals surface area contributed by atoms with Gasteiger partial charge >= 0.3 is 17.1 Å². The zero-order valence-corrected chi connectivity index (χ0v) is 11.5. The van der Waals surface area contributed by atoms with Crippen molar-refractivity contribution in [2.75, 3.05) is 0 Å². The van der Waals surface area contributed by atoms with Crippen LogP contribution in [0, 0.1) is 0 Å². The third-order valence-electron chi connectivity index (χ3n) is 3.10. The fourth-order valence-corrected chi connectivity index (χ4v) is 2.14. The minimum atomic E-state index is 0. The molecule has 0 unspecified atom stereocenters. The van der Waals surface area contributed by atoms with Gasteiger partial charge in [0.15, 0.2) is 0 Å². The van der Waals surface area contributed by atoms with E-state index < -0.39 is 0 Å². The van der Waals surface area contributed by atoms with Crippen LogP contribution in [0.25, 0.3) is 21.5 Å². The Morgan fingerprint density at radius 2 is 0.737 bits per heavy atom. The summed E-state index contributed by atoms with van der Waals surface area (Å²) in [7, 11) is 0. The van der Waals surface area contributed by atoms with E-state index in [1.54, 1.807) is 0 Å². The van der Waals surface area contributed by atoms with E-state index in [4.69, 9.17) is 0 Å². The van der Waals surface area contributed by atoms with E-state index in [9.17, 15) is 0 Å². The summed E-state index contributed by atoms with van der Waals surface area (Å²) >= 11 is 0. The maximum Gasteiger partial charge on any atom is 2.00 e. The summed E-state index contributed by atoms with van der Waals surface area (Å²) in [6.07, 6.45) is 0. The second kappa shape index (κ2) is 6.38. The Morgan fingerprint density at radius 1 is 0.474 bits per heavy atom. The van der Waals surface area contributed by atoms with E-state index >= 15 is 0 Å². The monoisotopic (exact) mass is 286 g/mol. The molecule has 0 bridgehead atoms. The summed E-state index contributed by atoms with van der Waals surface area (Å²) in [4.78, 5) is 0. The van der Waals surface area contributed by atoms with Gasteiger partial charge in [-0.3, -0.25) is 0 Å². The standard InChI is InChI=1S/2C9H7.Fe/c2*1-2-5-9-7-3-6-8(9)4-1;/h2*1-7H;/q2*-1;+2. The topological polar surface area (TPSA) is 0 Å². The average Bonchev–Trinajstić information content (AvgIpc) is 3.08. The first kappa shape index (κ1) is 13.6. The van der Waals surface area contributed by atoms with E-state index in [2.05, 4.69) is 84.9 Å². The van der Waals surface area contributed by atoms with Gasteiger partial charge in [-0.15, -0.1) is 24.3 Å². The van der Waals surface area contributed by atoms with Gasteiger partial charge in [-0.25, -0.2) is 0 Å². The van der Waals surface area contributed by atoms with Crippen molar-refractivity contribution >= 4 is 21.5 Å². The molecule has 0 fully saturated rings. The quantitative estimate of drug-likeness (QED) is 0.311. The van der Waals surface area contributed by atoms with Crippen LogP contribution in [0.15, 0.2) is 84.9 Å². The Bertz CT molecular complexity index is 620. The van der Waals surface area contributed by atoms with Crippen molar-refractivity contribution in [3.63, 3.8) is 0 Å². The smallest absolute Gasteiger partial charge is 0.176 e. The summed E-state index contributed by atoms with van der Waals surface area (Å²) in [5.41, 5.74) is 0. The summed E-state index contributed by atoms with van der Waals surface area (Å²) in [5, 5.41) is 5.32. The van der Waals surface area contributed by atoms with Crippen LogP contribution in [0.2, 0.25) is 0 Å². The van der Waals surface area contributed by atoms with E-state index in [-0.39, 0.29) is 17.1 Å². The fraction of sp³-hybridized carbons (Fsp3) is 0. The molecule has 0 spiro atoms. The van der Waals surface area contributed by atoms with Gasteiger partial charge in [0, 0.05) is 0 Å². The van der Waals surface area contributed by atoms with Crippen LogP contribution < -0.4 is 0 Å². The molecule has 94 valence electrons. The number of hydrogen-bond donors (Lipinski definition) is 0. The van der Waals surface area contributed by atoms with Crippen LogP contribution in [0.1, 0.15) is 0 Å². The molecule has 0 heterocycles. The zero-order chi connectivity index (χ0) is 12.2. The van der Waals surface area contributed by atoms with E-state index in [0.29, 0.717) is 0 Å². The molecule has 19 heavy (non-hydrogen) atoms. The Kier molecular flexibility index (Phi) is 4.57. The molecule has 4 aromatic rings. The first-order valence-electron chi connectivity index (χ1n) is 6.14. The largest absolute Gasteiger partial charge is 2.00 e. The number of benzene rings is 2. The van der Waals surface area contributed by atoms with Gasteiger partial charge in [0.2, 0.25) is 0 Å². The third-order valence-corrected chi connectivity index (χ3v) is 3.10. The minimum Gasteiger partial charge on any atom is -0.176 e. The molecule has 0 atom stereocenters. The van der Waals surface area contributed by atoms with Gasteiger partial charge in [-0.1, -0.05) is 24.3 Å². The molecule has 0 aliphatic heterocycles. The van der Waals surface area contributed by atoms with E-state index in [0.717, 1.165) is 0 Å². The van der Waals surface area contributed by atoms with Crippen LogP contribution in [0.4, 0.5) is 0 Å². The van der Waals surface area contributed by atoms with Crippen molar-refractivity contribution in [2.24, 2.45) is 0 Å². The Hall–Kier alpha value is -1.82. The molecule has 4 rings (SSSR count). The Balaban J connectivity index is 0.000000133. The summed E-state index contributed by atoms with van der Waals surface area (Å²) in [6.45, 7) is 0. The SMILES string of the molecule is [Fe+2].c1ccc2c[cH-]cc2c1.c1ccc2c[cH-]cc2c1. The molecular weight excluding hydrogens is 272 g/mol. The average molecular weight is 286 g/mol. The summed E-state index contributed by atoms with van der Waals surface area (Å²) in [5.74, 6) is 0. The van der Waals surface area contributed by atoms with Crippen molar-refractivity contribution in [3.8, 4) is 0 Å². The van der Waals surface area contributed by atoms with Crippen molar-refractivity contribution in [2.45, 2.75) is 0 Å². The number of fused-ring (bicyclic) bond motifs is 2. The summed E-state index contributed by atoms with van der Waals surface area (Å²) in [6, 6.07) is 29.3. The number of hydrogen-bond acceptors (Lipinski definition) is 0. The van der Waals surface area contributed by atoms with Crippen LogP contribution in [0.3, 0.4) is 0 Å². The molecule has 0 saturated heterocycles. The van der Waals surface area contributed by atoms with Crippen LogP contribution in [0.5, 0.6) is 0 Å². The maximum absolute atomic E-state index is 2.12. The van der Waals surface area contributed by atoms with Crippen LogP contribution in [-0.2, 0) is 17.1 Å². The fourth-order valence-electron chi connectivity index (χ4n) is 2.14. The van der Waals surface area contributed by atoms with Crippen molar-refractivity contribution < 1.29 is 17.1 Å². The molecule has 0 aliphatic rings. The van der Waals surface area contributed by atoms with Crippen LogP contribution in [-0.4, -0.2) is 0 Å². The molecular formula is C18H14Fe. The molecule has 0 amide bonds. The summed E-state index contributed by atoms with van der Waals surface area (Å²) < 4.78 is 0. The second-order valence-corrected chi connectivity index (χ2v) is 4.31. The van der Waals surface area contributed by atoms with Crippen molar-refractivity contribution in [1.29, 1.82) is 0 Å². The number of rotatable bonds is 0. The second-order valence-electron chi connectivity index (χ2n) is 4.31. The Labute approximate surface area is 123 Å². The molecule has 0 radical (unpaired) electrons. The molecule has 0 aliphatic carbocycles. The van der Waals surface area contributed by atoms with Crippen molar-refractivity contribution in [3.05, 3.63) is 84.9 Å². The van der Waals surface area contributed by atoms with Gasteiger partial charge in [-0.2, -0.15) is 57.9 Å². The van der Waals surface area contributed by atoms with Gasteiger partial charge in [0.25, 0.3) is 0 Å². The first-order chi connectivity index (χ1) is 8.93. The molecule has 0 nitrogen and oxygen atoms in total. The third kappa shape index (κ3) is 3.14. The molecule has 1 heteroatoms. The molecule has 0 saturated carbocycles. The maximum atomic E-state index is 2.12. The predicted octanol–water partition coefficient (Wildman–Crippen LogP) is 5.11. The predicted molar refractivity (Wildman–Crippen MR) is 79.1 cm³/mol. The molecule has 0 aromatic heterocycles. The van der Waals surface area contributed by atoms with Gasteiger partial charge < -0.3 is 0 Å². The van der Waals surface area contributed by atoms with Gasteiger partial charge in [0.1, 0.15) is 0 Å². The van der Waals surface area contributed by atoms with Gasteiger partial charge in [0.05, 0.1) is 0 Å².